The van der Waals surface area contributed by atoms with Crippen molar-refractivity contribution < 1.29 is 41.9 Å². The van der Waals surface area contributed by atoms with E-state index in [9.17, 15) is 14.2 Å². The molecule has 2 aromatic carbocycles. The summed E-state index contributed by atoms with van der Waals surface area (Å²) in [6.07, 6.45) is -0.632. The van der Waals surface area contributed by atoms with Crippen molar-refractivity contribution in [2.24, 2.45) is 0 Å². The monoisotopic (exact) mass is 645 g/mol. The summed E-state index contributed by atoms with van der Waals surface area (Å²) in [5, 5.41) is 3.33. The average molecular weight is 646 g/mol. The third kappa shape index (κ3) is 12.5. The number of benzene rings is 2. The molecule has 234 valence electrons. The molecule has 1 amide bonds. The molecule has 0 fully saturated rings. The van der Waals surface area contributed by atoms with E-state index in [1.54, 1.807) is 60.6 Å². The number of hydrogen-bond acceptors (Lipinski definition) is 10. The van der Waals surface area contributed by atoms with Gasteiger partial charge in [-0.15, -0.1) is 0 Å². The molecule has 1 N–H and O–H groups in total. The van der Waals surface area contributed by atoms with Crippen LogP contribution in [0, 0.1) is 0 Å². The Kier molecular flexibility index (Phi) is 12.8. The minimum absolute atomic E-state index is 0.175. The van der Waals surface area contributed by atoms with Crippen LogP contribution in [-0.2, 0) is 34.0 Å². The van der Waals surface area contributed by atoms with Gasteiger partial charge in [0, 0.05) is 24.1 Å². The predicted molar refractivity (Wildman–Crippen MR) is 163 cm³/mol. The molecule has 0 saturated heterocycles. The number of halogens is 1. The van der Waals surface area contributed by atoms with Crippen molar-refractivity contribution in [3.05, 3.63) is 53.1 Å². The van der Waals surface area contributed by atoms with E-state index in [4.69, 9.17) is 39.4 Å². The van der Waals surface area contributed by atoms with Gasteiger partial charge in [0.2, 0.25) is 0 Å². The van der Waals surface area contributed by atoms with Crippen molar-refractivity contribution >= 4 is 43.4 Å². The zero-order valence-electron chi connectivity index (χ0n) is 25.6. The van der Waals surface area contributed by atoms with Crippen LogP contribution < -0.4 is 10.1 Å². The number of rotatable bonds is 12. The quantitative estimate of drug-likeness (QED) is 0.137. The fourth-order valence-corrected chi connectivity index (χ4v) is 5.50. The summed E-state index contributed by atoms with van der Waals surface area (Å²) >= 11 is 8.04. The van der Waals surface area contributed by atoms with E-state index in [0.29, 0.717) is 28.5 Å². The van der Waals surface area contributed by atoms with Crippen LogP contribution in [0.5, 0.6) is 5.75 Å². The topological polar surface area (TPSA) is 119 Å². The van der Waals surface area contributed by atoms with E-state index in [1.165, 1.54) is 26.0 Å². The van der Waals surface area contributed by atoms with Gasteiger partial charge in [-0.3, -0.25) is 13.6 Å². The first kappa shape index (κ1) is 35.9. The fraction of sp³-hybridized carbons (Fsp3) is 0.517. The lowest BCUT2D eigenvalue weighted by Gasteiger charge is -2.32. The van der Waals surface area contributed by atoms with Gasteiger partial charge >= 0.3 is 20.1 Å². The number of phosphoric ester groups is 1. The Balaban J connectivity index is 2.18. The molecule has 0 spiro atoms. The van der Waals surface area contributed by atoms with Crippen LogP contribution >= 0.6 is 31.2 Å². The van der Waals surface area contributed by atoms with Crippen LogP contribution in [0.25, 0.3) is 0 Å². The first-order valence-electron chi connectivity index (χ1n) is 13.2. The molecule has 0 aromatic heterocycles. The third-order valence-electron chi connectivity index (χ3n) is 5.42. The number of hydrogen-bond donors (Lipinski definition) is 1. The summed E-state index contributed by atoms with van der Waals surface area (Å²) in [6.45, 7) is 12.1. The van der Waals surface area contributed by atoms with Crippen LogP contribution in [0.1, 0.15) is 60.5 Å². The maximum Gasteiger partial charge on any atom is 0.514 e. The van der Waals surface area contributed by atoms with Gasteiger partial charge in [-0.1, -0.05) is 41.6 Å². The Morgan fingerprint density at radius 1 is 0.929 bits per heavy atom. The smallest absolute Gasteiger partial charge is 0.444 e. The third-order valence-corrected chi connectivity index (χ3v) is 8.16. The van der Waals surface area contributed by atoms with Crippen molar-refractivity contribution in [2.45, 2.75) is 87.8 Å². The molecule has 2 aromatic rings. The molecule has 10 nitrogen and oxygen atoms in total. The lowest BCUT2D eigenvalue weighted by molar-refractivity contribution is 0.0200. The molecule has 0 saturated carbocycles. The molecular formula is C29H41ClNO9PS. The van der Waals surface area contributed by atoms with Gasteiger partial charge in [-0.25, -0.2) is 14.2 Å². The first-order chi connectivity index (χ1) is 19.4. The zero-order valence-corrected chi connectivity index (χ0v) is 28.0. The summed E-state index contributed by atoms with van der Waals surface area (Å²) in [6, 6.07) is 12.7. The molecule has 0 aliphatic heterocycles. The number of para-hydroxylation sites is 1. The van der Waals surface area contributed by atoms with Gasteiger partial charge < -0.3 is 19.5 Å². The van der Waals surface area contributed by atoms with E-state index < -0.39 is 36.8 Å². The number of aryl methyl sites for hydroxylation is 1. The SMILES string of the molecule is COP(=O)(OC)OCC(C)(CCc1ccc(Sc2ccccc2OC(=O)OC(C)(C)C)cc1Cl)NC(=O)OC(C)(C)C. The van der Waals surface area contributed by atoms with Crippen molar-refractivity contribution in [2.75, 3.05) is 20.8 Å². The van der Waals surface area contributed by atoms with Crippen LogP contribution in [-0.4, -0.2) is 49.8 Å². The van der Waals surface area contributed by atoms with Crippen molar-refractivity contribution in [1.82, 2.24) is 5.32 Å². The fourth-order valence-electron chi connectivity index (χ4n) is 3.43. The lowest BCUT2D eigenvalue weighted by atomic mass is 9.94. The molecule has 1 atom stereocenters. The van der Waals surface area contributed by atoms with Crippen LogP contribution in [0.4, 0.5) is 9.59 Å². The van der Waals surface area contributed by atoms with E-state index in [0.717, 1.165) is 10.5 Å². The van der Waals surface area contributed by atoms with Crippen LogP contribution in [0.2, 0.25) is 5.02 Å². The number of alkyl carbamates (subject to hydrolysis) is 1. The maximum absolute atomic E-state index is 12.6. The standard InChI is InChI=1S/C29H41ClNO9PS/c1-27(2,3)39-25(32)31-29(7,19-37-41(34,35-8)36-9)17-16-20-14-15-21(18-22(20)30)42-24-13-11-10-12-23(24)38-26(33)40-28(4,5)6/h10-15,18H,16-17,19H2,1-9H3,(H,31,32). The van der Waals surface area contributed by atoms with Crippen molar-refractivity contribution in [3.63, 3.8) is 0 Å². The molecule has 0 heterocycles. The van der Waals surface area contributed by atoms with Gasteiger partial charge in [0.05, 0.1) is 17.0 Å². The molecular weight excluding hydrogens is 605 g/mol. The molecule has 0 radical (unpaired) electrons. The molecule has 0 aliphatic carbocycles. The summed E-state index contributed by atoms with van der Waals surface area (Å²) in [5.74, 6) is 0.366. The maximum atomic E-state index is 12.6. The zero-order chi connectivity index (χ0) is 31.8. The number of amides is 1. The van der Waals surface area contributed by atoms with Gasteiger partial charge in [-0.05, 0) is 91.1 Å². The minimum atomic E-state index is -3.79. The number of nitrogens with one attached hydrogen (secondary N) is 1. The van der Waals surface area contributed by atoms with E-state index in [1.807, 2.05) is 30.3 Å². The largest absolute Gasteiger partial charge is 0.514 e. The van der Waals surface area contributed by atoms with Crippen molar-refractivity contribution in [3.8, 4) is 5.75 Å². The van der Waals surface area contributed by atoms with Gasteiger partial charge in [-0.2, -0.15) is 0 Å². The number of carbonyl (C=O) groups excluding carboxylic acids is 2. The van der Waals surface area contributed by atoms with E-state index in [2.05, 4.69) is 5.32 Å². The Morgan fingerprint density at radius 3 is 2.12 bits per heavy atom. The number of carbonyl (C=O) groups is 2. The highest BCUT2D eigenvalue weighted by Gasteiger charge is 2.34. The first-order valence-corrected chi connectivity index (χ1v) is 15.8. The molecule has 13 heteroatoms. The Bertz CT molecular complexity index is 1270. The number of ether oxygens (including phenoxy) is 3. The molecule has 0 bridgehead atoms. The van der Waals surface area contributed by atoms with Crippen molar-refractivity contribution in [1.29, 1.82) is 0 Å². The van der Waals surface area contributed by atoms with Crippen LogP contribution in [0.3, 0.4) is 0 Å². The average Bonchev–Trinajstić information content (AvgIpc) is 2.86. The normalized spacial score (nSPS) is 13.7. The summed E-state index contributed by atoms with van der Waals surface area (Å²) < 4.78 is 43.8. The highest BCUT2D eigenvalue weighted by Crippen LogP contribution is 2.48. The Hall–Kier alpha value is -2.27. The highest BCUT2D eigenvalue weighted by atomic mass is 35.5. The Labute approximate surface area is 257 Å². The summed E-state index contributed by atoms with van der Waals surface area (Å²) in [5.41, 5.74) is -1.59. The molecule has 0 aliphatic rings. The summed E-state index contributed by atoms with van der Waals surface area (Å²) in [4.78, 5) is 26.3. The second kappa shape index (κ2) is 14.9. The molecule has 2 rings (SSSR count). The van der Waals surface area contributed by atoms with Gasteiger partial charge in [0.25, 0.3) is 0 Å². The minimum Gasteiger partial charge on any atom is -0.444 e. The highest BCUT2D eigenvalue weighted by molar-refractivity contribution is 7.99. The van der Waals surface area contributed by atoms with E-state index >= 15 is 0 Å². The van der Waals surface area contributed by atoms with E-state index in [-0.39, 0.29) is 6.61 Å². The molecule has 1 unspecified atom stereocenters. The Morgan fingerprint density at radius 2 is 1.55 bits per heavy atom. The predicted octanol–water partition coefficient (Wildman–Crippen LogP) is 8.44. The van der Waals surface area contributed by atoms with Gasteiger partial charge in [0.15, 0.2) is 0 Å². The molecule has 42 heavy (non-hydrogen) atoms. The second-order valence-corrected chi connectivity index (χ2v) is 15.0. The van der Waals surface area contributed by atoms with Crippen LogP contribution in [0.15, 0.2) is 52.3 Å². The second-order valence-electron chi connectivity index (χ2n) is 11.6. The van der Waals surface area contributed by atoms with Gasteiger partial charge in [0.1, 0.15) is 17.0 Å². The number of phosphoric acid groups is 1. The summed E-state index contributed by atoms with van der Waals surface area (Å²) in [7, 11) is -1.37. The lowest BCUT2D eigenvalue weighted by Crippen LogP contribution is -2.51.